The third-order valence-corrected chi connectivity index (χ3v) is 2.53. The van der Waals surface area contributed by atoms with Crippen molar-refractivity contribution in [2.45, 2.75) is 19.1 Å². The van der Waals surface area contributed by atoms with E-state index in [4.69, 9.17) is 0 Å². The van der Waals surface area contributed by atoms with E-state index in [2.05, 4.69) is 33.1 Å². The van der Waals surface area contributed by atoms with E-state index in [-0.39, 0.29) is 0 Å². The Morgan fingerprint density at radius 2 is 2.00 bits per heavy atom. The molecule has 0 heterocycles. The minimum atomic E-state index is 0.672. The van der Waals surface area contributed by atoms with Crippen LogP contribution in [0.3, 0.4) is 0 Å². The molecule has 0 spiro atoms. The van der Waals surface area contributed by atoms with Crippen molar-refractivity contribution in [3.05, 3.63) is 49.1 Å². The number of rotatable bonds is 6. The molecule has 0 nitrogen and oxygen atoms in total. The molecule has 0 aliphatic heterocycles. The van der Waals surface area contributed by atoms with Crippen molar-refractivity contribution in [3.63, 3.8) is 0 Å². The van der Waals surface area contributed by atoms with Crippen LogP contribution in [0, 0.1) is 0 Å². The summed E-state index contributed by atoms with van der Waals surface area (Å²) in [5, 5.41) is 0.672. The van der Waals surface area contributed by atoms with E-state index in [9.17, 15) is 0 Å². The van der Waals surface area contributed by atoms with Gasteiger partial charge in [-0.2, -0.15) is 11.8 Å². The number of hydrogen-bond donors (Lipinski definition) is 0. The van der Waals surface area contributed by atoms with E-state index in [1.807, 2.05) is 30.0 Å². The molecule has 0 saturated carbocycles. The zero-order valence-corrected chi connectivity index (χ0v) is 9.31. The molecule has 0 fully saturated rings. The van der Waals surface area contributed by atoms with Crippen molar-refractivity contribution in [1.29, 1.82) is 0 Å². The summed E-state index contributed by atoms with van der Waals surface area (Å²) in [6.07, 6.45) is 9.68. The minimum Gasteiger partial charge on any atom is -0.154 e. The largest absolute Gasteiger partial charge is 0.154 e. The van der Waals surface area contributed by atoms with Gasteiger partial charge in [-0.1, -0.05) is 57.4 Å². The van der Waals surface area contributed by atoms with E-state index in [1.165, 1.54) is 5.57 Å². The molecule has 0 aliphatic rings. The molecule has 0 radical (unpaired) electrons. The van der Waals surface area contributed by atoms with Gasteiger partial charge >= 0.3 is 0 Å². The van der Waals surface area contributed by atoms with E-state index >= 15 is 0 Å². The molecular formula is C12H18S. The predicted molar refractivity (Wildman–Crippen MR) is 65.2 cm³/mol. The molecule has 1 heteroatoms. The summed E-state index contributed by atoms with van der Waals surface area (Å²) in [4.78, 5) is 0. The fraction of sp³-hybridized carbons (Fsp3) is 0.333. The first-order valence-corrected chi connectivity index (χ1v) is 5.48. The maximum atomic E-state index is 3.69. The lowest BCUT2D eigenvalue weighted by molar-refractivity contribution is 1.11. The van der Waals surface area contributed by atoms with E-state index in [0.717, 1.165) is 5.75 Å². The molecule has 0 amide bonds. The molecule has 0 aromatic rings. The fourth-order valence-corrected chi connectivity index (χ4v) is 1.48. The third-order valence-electron chi connectivity index (χ3n) is 1.36. The maximum Gasteiger partial charge on any atom is 0.0187 e. The van der Waals surface area contributed by atoms with Crippen LogP contribution in [0.1, 0.15) is 13.8 Å². The first kappa shape index (κ1) is 12.3. The average Bonchev–Trinajstić information content (AvgIpc) is 2.09. The lowest BCUT2D eigenvalue weighted by Crippen LogP contribution is -1.91. The highest BCUT2D eigenvalue weighted by atomic mass is 32.2. The van der Waals surface area contributed by atoms with Gasteiger partial charge < -0.3 is 0 Å². The molecule has 0 aliphatic carbocycles. The zero-order chi connectivity index (χ0) is 10.1. The summed E-state index contributed by atoms with van der Waals surface area (Å²) in [7, 11) is 0. The van der Waals surface area contributed by atoms with Crippen LogP contribution in [0.2, 0.25) is 0 Å². The quantitative estimate of drug-likeness (QED) is 0.576. The van der Waals surface area contributed by atoms with Crippen molar-refractivity contribution in [2.24, 2.45) is 0 Å². The van der Waals surface area contributed by atoms with Crippen molar-refractivity contribution >= 4 is 11.8 Å². The second-order valence-electron chi connectivity index (χ2n) is 2.93. The Labute approximate surface area is 86.1 Å². The number of hydrogen-bond acceptors (Lipinski definition) is 1. The molecule has 0 atom stereocenters. The summed E-state index contributed by atoms with van der Waals surface area (Å²) < 4.78 is 0. The van der Waals surface area contributed by atoms with Gasteiger partial charge in [0.1, 0.15) is 0 Å². The van der Waals surface area contributed by atoms with Gasteiger partial charge in [0.05, 0.1) is 0 Å². The Morgan fingerprint density at radius 3 is 2.46 bits per heavy atom. The van der Waals surface area contributed by atoms with Crippen LogP contribution >= 0.6 is 11.8 Å². The van der Waals surface area contributed by atoms with Crippen LogP contribution in [0.5, 0.6) is 0 Å². The van der Waals surface area contributed by atoms with Crippen LogP contribution in [0.4, 0.5) is 0 Å². The van der Waals surface area contributed by atoms with Gasteiger partial charge in [-0.25, -0.2) is 0 Å². The molecule has 0 aromatic heterocycles. The molecule has 13 heavy (non-hydrogen) atoms. The first-order valence-electron chi connectivity index (χ1n) is 4.43. The number of thioether (sulfide) groups is 1. The SMILES string of the molecule is C=C/C=C\C(=C/C=C)CSC(C)C. The Bertz CT molecular complexity index is 209. The highest BCUT2D eigenvalue weighted by molar-refractivity contribution is 8.00. The van der Waals surface area contributed by atoms with Crippen LogP contribution in [0.15, 0.2) is 49.1 Å². The molecular weight excluding hydrogens is 176 g/mol. The number of allylic oxidation sites excluding steroid dienone is 5. The lowest BCUT2D eigenvalue weighted by Gasteiger charge is -2.04. The molecule has 0 N–H and O–H groups in total. The second-order valence-corrected chi connectivity index (χ2v) is 4.50. The fourth-order valence-electron chi connectivity index (χ4n) is 0.758. The second kappa shape index (κ2) is 7.93. The van der Waals surface area contributed by atoms with Crippen molar-refractivity contribution in [1.82, 2.24) is 0 Å². The lowest BCUT2D eigenvalue weighted by atomic mass is 10.2. The molecule has 0 aromatic carbocycles. The van der Waals surface area contributed by atoms with Crippen LogP contribution < -0.4 is 0 Å². The van der Waals surface area contributed by atoms with E-state index in [0.29, 0.717) is 5.25 Å². The maximum absolute atomic E-state index is 3.69. The summed E-state index contributed by atoms with van der Waals surface area (Å²) in [6.45, 7) is 11.7. The Hall–Kier alpha value is -0.690. The normalized spacial score (nSPS) is 12.4. The average molecular weight is 194 g/mol. The van der Waals surface area contributed by atoms with Gasteiger partial charge in [0.25, 0.3) is 0 Å². The first-order chi connectivity index (χ1) is 6.20. The van der Waals surface area contributed by atoms with Crippen molar-refractivity contribution < 1.29 is 0 Å². The van der Waals surface area contributed by atoms with Crippen molar-refractivity contribution in [2.75, 3.05) is 5.75 Å². The smallest absolute Gasteiger partial charge is 0.0187 e. The molecule has 0 unspecified atom stereocenters. The topological polar surface area (TPSA) is 0 Å². The zero-order valence-electron chi connectivity index (χ0n) is 8.49. The monoisotopic (exact) mass is 194 g/mol. The molecule has 0 bridgehead atoms. The molecule has 0 saturated heterocycles. The van der Waals surface area contributed by atoms with Gasteiger partial charge in [0.2, 0.25) is 0 Å². The predicted octanol–water partition coefficient (Wildman–Crippen LogP) is 3.98. The molecule has 72 valence electrons. The van der Waals surface area contributed by atoms with Gasteiger partial charge in [-0.3, -0.25) is 0 Å². The van der Waals surface area contributed by atoms with Crippen LogP contribution in [-0.2, 0) is 0 Å². The Balaban J connectivity index is 4.10. The van der Waals surface area contributed by atoms with Gasteiger partial charge in [0, 0.05) is 5.75 Å². The Kier molecular flexibility index (Phi) is 7.51. The summed E-state index contributed by atoms with van der Waals surface area (Å²) in [5.41, 5.74) is 1.29. The molecule has 0 rings (SSSR count). The highest BCUT2D eigenvalue weighted by Gasteiger charge is 1.95. The summed E-state index contributed by atoms with van der Waals surface area (Å²) >= 11 is 1.93. The summed E-state index contributed by atoms with van der Waals surface area (Å²) in [5.74, 6) is 1.04. The minimum absolute atomic E-state index is 0.672. The van der Waals surface area contributed by atoms with Crippen molar-refractivity contribution in [3.8, 4) is 0 Å². The third kappa shape index (κ3) is 7.66. The van der Waals surface area contributed by atoms with E-state index in [1.54, 1.807) is 6.08 Å². The van der Waals surface area contributed by atoms with Crippen LogP contribution in [0.25, 0.3) is 0 Å². The van der Waals surface area contributed by atoms with Gasteiger partial charge in [-0.05, 0) is 10.8 Å². The van der Waals surface area contributed by atoms with E-state index < -0.39 is 0 Å². The van der Waals surface area contributed by atoms with Gasteiger partial charge in [-0.15, -0.1) is 0 Å². The standard InChI is InChI=1S/C12H18S/c1-5-7-9-12(8-6-2)10-13-11(3)4/h5-9,11H,1-2,10H2,3-4H3/b9-7-,12-8+. The highest BCUT2D eigenvalue weighted by Crippen LogP contribution is 2.14. The van der Waals surface area contributed by atoms with Gasteiger partial charge in [0.15, 0.2) is 0 Å². The van der Waals surface area contributed by atoms with Crippen LogP contribution in [-0.4, -0.2) is 11.0 Å². The Morgan fingerprint density at radius 1 is 1.31 bits per heavy atom. The summed E-state index contributed by atoms with van der Waals surface area (Å²) in [6, 6.07) is 0.